The summed E-state index contributed by atoms with van der Waals surface area (Å²) < 4.78 is 11.0. The number of amides is 1. The van der Waals surface area contributed by atoms with Crippen molar-refractivity contribution in [3.63, 3.8) is 0 Å². The molecule has 0 saturated carbocycles. The molecule has 0 spiro atoms. The molecule has 1 amide bonds. The van der Waals surface area contributed by atoms with Gasteiger partial charge >= 0.3 is 0 Å². The number of nitrogens with zero attached hydrogens (tertiary/aromatic N) is 2. The van der Waals surface area contributed by atoms with E-state index in [-0.39, 0.29) is 18.6 Å². The third-order valence-corrected chi connectivity index (χ3v) is 4.50. The standard InChI is InChI=1S/C15H28N2O3/c1-4-12-8-17(9-14(12)16(2)3)15(18)11-19-10-13-6-5-7-20-13/h12-14H,4-11H2,1-3H3/t12-,13-,14+/m1/s1. The van der Waals surface area contributed by atoms with Crippen LogP contribution in [0.1, 0.15) is 26.2 Å². The molecule has 2 heterocycles. The van der Waals surface area contributed by atoms with Crippen molar-refractivity contribution in [3.8, 4) is 0 Å². The van der Waals surface area contributed by atoms with E-state index in [2.05, 4.69) is 25.9 Å². The van der Waals surface area contributed by atoms with Crippen LogP contribution in [-0.2, 0) is 14.3 Å². The first-order valence-electron chi connectivity index (χ1n) is 7.75. The number of likely N-dealkylation sites (N-methyl/N-ethyl adjacent to an activating group) is 1. The van der Waals surface area contributed by atoms with Crippen LogP contribution in [0.5, 0.6) is 0 Å². The zero-order valence-corrected chi connectivity index (χ0v) is 13.0. The van der Waals surface area contributed by atoms with E-state index in [4.69, 9.17) is 9.47 Å². The second kappa shape index (κ2) is 7.38. The predicted molar refractivity (Wildman–Crippen MR) is 77.6 cm³/mol. The maximum Gasteiger partial charge on any atom is 0.248 e. The molecule has 3 atom stereocenters. The second-order valence-corrected chi connectivity index (χ2v) is 6.15. The molecule has 2 fully saturated rings. The Balaban J connectivity index is 1.72. The van der Waals surface area contributed by atoms with Crippen molar-refractivity contribution < 1.29 is 14.3 Å². The lowest BCUT2D eigenvalue weighted by Crippen LogP contribution is -2.37. The summed E-state index contributed by atoms with van der Waals surface area (Å²) >= 11 is 0. The molecule has 0 N–H and O–H groups in total. The van der Waals surface area contributed by atoms with Gasteiger partial charge in [0.05, 0.1) is 12.7 Å². The van der Waals surface area contributed by atoms with Crippen molar-refractivity contribution in [2.75, 3.05) is 47.0 Å². The normalized spacial score (nSPS) is 30.4. The number of carbonyl (C=O) groups is 1. The van der Waals surface area contributed by atoms with Crippen molar-refractivity contribution in [1.29, 1.82) is 0 Å². The Labute approximate surface area is 122 Å². The molecule has 2 rings (SSSR count). The van der Waals surface area contributed by atoms with Crippen LogP contribution in [0.4, 0.5) is 0 Å². The molecular weight excluding hydrogens is 256 g/mol. The van der Waals surface area contributed by atoms with E-state index in [0.29, 0.717) is 18.6 Å². The van der Waals surface area contributed by atoms with Crippen molar-refractivity contribution >= 4 is 5.91 Å². The highest BCUT2D eigenvalue weighted by Crippen LogP contribution is 2.23. The summed E-state index contributed by atoms with van der Waals surface area (Å²) in [7, 11) is 4.18. The zero-order chi connectivity index (χ0) is 14.5. The number of ether oxygens (including phenoxy) is 2. The molecule has 20 heavy (non-hydrogen) atoms. The Morgan fingerprint density at radius 1 is 1.40 bits per heavy atom. The van der Waals surface area contributed by atoms with Gasteiger partial charge in [-0.3, -0.25) is 4.79 Å². The van der Waals surface area contributed by atoms with Crippen molar-refractivity contribution in [2.45, 2.75) is 38.3 Å². The van der Waals surface area contributed by atoms with Crippen LogP contribution >= 0.6 is 0 Å². The van der Waals surface area contributed by atoms with E-state index in [0.717, 1.165) is 39.0 Å². The van der Waals surface area contributed by atoms with Gasteiger partial charge in [0.1, 0.15) is 6.61 Å². The van der Waals surface area contributed by atoms with Gasteiger partial charge in [-0.1, -0.05) is 13.3 Å². The molecule has 0 bridgehead atoms. The minimum Gasteiger partial charge on any atom is -0.376 e. The first-order valence-corrected chi connectivity index (χ1v) is 7.75. The molecule has 0 aromatic heterocycles. The van der Waals surface area contributed by atoms with E-state index in [9.17, 15) is 4.79 Å². The molecule has 0 aromatic carbocycles. The average molecular weight is 284 g/mol. The topological polar surface area (TPSA) is 42.0 Å². The van der Waals surface area contributed by atoms with E-state index in [1.165, 1.54) is 0 Å². The summed E-state index contributed by atoms with van der Waals surface area (Å²) in [6, 6.07) is 0.474. The molecule has 0 aliphatic carbocycles. The highest BCUT2D eigenvalue weighted by atomic mass is 16.5. The Morgan fingerprint density at radius 2 is 2.20 bits per heavy atom. The van der Waals surface area contributed by atoms with Gasteiger partial charge in [-0.2, -0.15) is 0 Å². The van der Waals surface area contributed by atoms with Gasteiger partial charge in [-0.05, 0) is 32.9 Å². The minimum atomic E-state index is 0.116. The summed E-state index contributed by atoms with van der Waals surface area (Å²) in [6.07, 6.45) is 3.47. The van der Waals surface area contributed by atoms with Gasteiger partial charge in [0, 0.05) is 25.7 Å². The van der Waals surface area contributed by atoms with Gasteiger partial charge < -0.3 is 19.3 Å². The molecule has 2 aliphatic rings. The molecule has 0 aromatic rings. The van der Waals surface area contributed by atoms with Crippen LogP contribution in [0.2, 0.25) is 0 Å². The maximum atomic E-state index is 12.2. The van der Waals surface area contributed by atoms with E-state index in [1.54, 1.807) is 0 Å². The first-order chi connectivity index (χ1) is 9.61. The minimum absolute atomic E-state index is 0.116. The number of rotatable bonds is 6. The molecule has 2 aliphatic heterocycles. The van der Waals surface area contributed by atoms with E-state index >= 15 is 0 Å². The van der Waals surface area contributed by atoms with Gasteiger partial charge in [0.15, 0.2) is 0 Å². The van der Waals surface area contributed by atoms with Gasteiger partial charge in [-0.25, -0.2) is 0 Å². The summed E-state index contributed by atoms with van der Waals surface area (Å²) in [5, 5.41) is 0. The smallest absolute Gasteiger partial charge is 0.248 e. The van der Waals surface area contributed by atoms with Crippen molar-refractivity contribution in [2.24, 2.45) is 5.92 Å². The van der Waals surface area contributed by atoms with Crippen LogP contribution in [0.15, 0.2) is 0 Å². The Kier molecular flexibility index (Phi) is 5.81. The SMILES string of the molecule is CC[C@@H]1CN(C(=O)COC[C@H]2CCCO2)C[C@@H]1N(C)C. The Bertz CT molecular complexity index is 316. The van der Waals surface area contributed by atoms with Crippen molar-refractivity contribution in [1.82, 2.24) is 9.80 Å². The number of hydrogen-bond donors (Lipinski definition) is 0. The fraction of sp³-hybridized carbons (Fsp3) is 0.933. The quantitative estimate of drug-likeness (QED) is 0.729. The van der Waals surface area contributed by atoms with Crippen LogP contribution in [0.25, 0.3) is 0 Å². The van der Waals surface area contributed by atoms with Gasteiger partial charge in [0.25, 0.3) is 0 Å². The lowest BCUT2D eigenvalue weighted by Gasteiger charge is -2.23. The van der Waals surface area contributed by atoms with E-state index in [1.807, 2.05) is 4.90 Å². The first kappa shape index (κ1) is 15.7. The third-order valence-electron chi connectivity index (χ3n) is 4.50. The van der Waals surface area contributed by atoms with Crippen LogP contribution < -0.4 is 0 Å². The highest BCUT2D eigenvalue weighted by Gasteiger charge is 2.35. The molecule has 5 heteroatoms. The number of carbonyl (C=O) groups excluding carboxylic acids is 1. The zero-order valence-electron chi connectivity index (χ0n) is 13.0. The summed E-state index contributed by atoms with van der Waals surface area (Å²) in [5.74, 6) is 0.693. The lowest BCUT2D eigenvalue weighted by atomic mass is 10.0. The summed E-state index contributed by atoms with van der Waals surface area (Å²) in [4.78, 5) is 16.4. The fourth-order valence-corrected chi connectivity index (χ4v) is 3.19. The molecular formula is C15H28N2O3. The fourth-order valence-electron chi connectivity index (χ4n) is 3.19. The van der Waals surface area contributed by atoms with Gasteiger partial charge in [0.2, 0.25) is 5.91 Å². The summed E-state index contributed by atoms with van der Waals surface area (Å²) in [5.41, 5.74) is 0. The largest absolute Gasteiger partial charge is 0.376 e. The van der Waals surface area contributed by atoms with Crippen LogP contribution in [0.3, 0.4) is 0 Å². The number of likely N-dealkylation sites (tertiary alicyclic amines) is 1. The Morgan fingerprint density at radius 3 is 2.75 bits per heavy atom. The molecule has 2 saturated heterocycles. The predicted octanol–water partition coefficient (Wildman–Crippen LogP) is 0.981. The lowest BCUT2D eigenvalue weighted by molar-refractivity contribution is -0.136. The molecule has 116 valence electrons. The van der Waals surface area contributed by atoms with Crippen molar-refractivity contribution in [3.05, 3.63) is 0 Å². The molecule has 0 radical (unpaired) electrons. The average Bonchev–Trinajstić information content (AvgIpc) is 3.07. The van der Waals surface area contributed by atoms with E-state index < -0.39 is 0 Å². The van der Waals surface area contributed by atoms with Crippen LogP contribution in [0, 0.1) is 5.92 Å². The van der Waals surface area contributed by atoms with Gasteiger partial charge in [-0.15, -0.1) is 0 Å². The third kappa shape index (κ3) is 3.93. The highest BCUT2D eigenvalue weighted by molar-refractivity contribution is 5.77. The monoisotopic (exact) mass is 284 g/mol. The van der Waals surface area contributed by atoms with Crippen LogP contribution in [-0.4, -0.2) is 74.9 Å². The second-order valence-electron chi connectivity index (χ2n) is 6.15. The Hall–Kier alpha value is -0.650. The number of hydrogen-bond acceptors (Lipinski definition) is 4. The summed E-state index contributed by atoms with van der Waals surface area (Å²) in [6.45, 7) is 5.46. The molecule has 0 unspecified atom stereocenters. The molecule has 5 nitrogen and oxygen atoms in total. The maximum absolute atomic E-state index is 12.2.